The number of hydrogen-bond donors (Lipinski definition) is 1. The Bertz CT molecular complexity index is 510. The molecule has 4 heteroatoms. The number of rotatable bonds is 4. The maximum Gasteiger partial charge on any atom is 0.144 e. The van der Waals surface area contributed by atoms with Gasteiger partial charge in [-0.25, -0.2) is 4.21 Å². The summed E-state index contributed by atoms with van der Waals surface area (Å²) >= 11 is 0. The van der Waals surface area contributed by atoms with Gasteiger partial charge in [-0.3, -0.25) is 0 Å². The maximum absolute atomic E-state index is 12.3. The highest BCUT2D eigenvalue weighted by atomic mass is 32.2. The van der Waals surface area contributed by atoms with E-state index < -0.39 is 21.8 Å². The topological polar surface area (TPSA) is 49.7 Å². The highest BCUT2D eigenvalue weighted by Crippen LogP contribution is 2.27. The standard InChI is InChI=1S/C17H27NO2S/c1-16(2,3)15(18-21(20)17(4,5)6)12-14(19)13-10-8-7-9-11-13/h7-11,14,19H,12H2,1-6H3/b18-15-/t14-,21?/m0/s1. The molecule has 0 amide bonds. The minimum Gasteiger partial charge on any atom is -0.388 e. The van der Waals surface area contributed by atoms with Crippen molar-refractivity contribution >= 4 is 16.7 Å². The van der Waals surface area contributed by atoms with Crippen molar-refractivity contribution in [2.45, 2.75) is 58.8 Å². The molecule has 0 bridgehead atoms. The summed E-state index contributed by atoms with van der Waals surface area (Å²) < 4.78 is 16.3. The van der Waals surface area contributed by atoms with Gasteiger partial charge in [-0.15, -0.1) is 0 Å². The van der Waals surface area contributed by atoms with Crippen molar-refractivity contribution in [2.24, 2.45) is 9.81 Å². The molecule has 2 atom stereocenters. The minimum absolute atomic E-state index is 0.226. The molecule has 1 N–H and O–H groups in total. The molecule has 0 fully saturated rings. The van der Waals surface area contributed by atoms with E-state index in [4.69, 9.17) is 0 Å². The van der Waals surface area contributed by atoms with Gasteiger partial charge < -0.3 is 5.11 Å². The van der Waals surface area contributed by atoms with Gasteiger partial charge >= 0.3 is 0 Å². The first kappa shape index (κ1) is 18.1. The SMILES string of the molecule is CC(C)(C)/C(C[C@H](O)c1ccccc1)=N\S(=O)C(C)(C)C. The van der Waals surface area contributed by atoms with E-state index in [0.717, 1.165) is 11.3 Å². The molecule has 0 saturated heterocycles. The van der Waals surface area contributed by atoms with Crippen LogP contribution in [0.2, 0.25) is 0 Å². The second kappa shape index (κ2) is 6.84. The number of benzene rings is 1. The second-order valence-corrected chi connectivity index (χ2v) is 9.19. The lowest BCUT2D eigenvalue weighted by Gasteiger charge is -2.25. The lowest BCUT2D eigenvalue weighted by atomic mass is 9.86. The van der Waals surface area contributed by atoms with Crippen LogP contribution in [0.25, 0.3) is 0 Å². The lowest BCUT2D eigenvalue weighted by molar-refractivity contribution is 0.183. The van der Waals surface area contributed by atoms with Crippen molar-refractivity contribution in [1.82, 2.24) is 0 Å². The number of aliphatic hydroxyl groups excluding tert-OH is 1. The van der Waals surface area contributed by atoms with Crippen molar-refractivity contribution < 1.29 is 9.32 Å². The lowest BCUT2D eigenvalue weighted by Crippen LogP contribution is -2.27. The molecule has 0 aliphatic heterocycles. The zero-order chi connectivity index (χ0) is 16.3. The van der Waals surface area contributed by atoms with E-state index in [2.05, 4.69) is 4.40 Å². The van der Waals surface area contributed by atoms with E-state index in [-0.39, 0.29) is 5.41 Å². The first-order valence-corrected chi connectivity index (χ1v) is 8.35. The molecule has 0 aliphatic carbocycles. The Hall–Kier alpha value is -1.00. The largest absolute Gasteiger partial charge is 0.388 e. The predicted molar refractivity (Wildman–Crippen MR) is 90.8 cm³/mol. The molecule has 118 valence electrons. The normalized spacial score (nSPS) is 16.6. The van der Waals surface area contributed by atoms with E-state index in [1.165, 1.54) is 0 Å². The molecule has 0 radical (unpaired) electrons. The Morgan fingerprint density at radius 3 is 2.10 bits per heavy atom. The third-order valence-corrected chi connectivity index (χ3v) is 4.59. The molecule has 0 aliphatic rings. The molecule has 1 aromatic carbocycles. The molecule has 1 aromatic rings. The average Bonchev–Trinajstić information content (AvgIpc) is 2.36. The summed E-state index contributed by atoms with van der Waals surface area (Å²) in [5.41, 5.74) is 1.42. The third kappa shape index (κ3) is 5.71. The van der Waals surface area contributed by atoms with Crippen LogP contribution in [0.3, 0.4) is 0 Å². The Morgan fingerprint density at radius 2 is 1.67 bits per heavy atom. The van der Waals surface area contributed by atoms with Crippen molar-refractivity contribution in [3.8, 4) is 0 Å². The smallest absolute Gasteiger partial charge is 0.144 e. The van der Waals surface area contributed by atoms with Gasteiger partial charge in [0.1, 0.15) is 11.0 Å². The molecule has 0 spiro atoms. The van der Waals surface area contributed by atoms with E-state index in [1.54, 1.807) is 0 Å². The van der Waals surface area contributed by atoms with Crippen LogP contribution in [0.15, 0.2) is 34.7 Å². The summed E-state index contributed by atoms with van der Waals surface area (Å²) in [6, 6.07) is 9.51. The van der Waals surface area contributed by atoms with Crippen molar-refractivity contribution in [1.29, 1.82) is 0 Å². The predicted octanol–water partition coefficient (Wildman–Crippen LogP) is 4.06. The van der Waals surface area contributed by atoms with Crippen LogP contribution in [-0.2, 0) is 11.0 Å². The van der Waals surface area contributed by atoms with Crippen LogP contribution in [0.1, 0.15) is 59.6 Å². The fourth-order valence-corrected chi connectivity index (χ4v) is 2.52. The van der Waals surface area contributed by atoms with Gasteiger partial charge in [0.15, 0.2) is 0 Å². The zero-order valence-electron chi connectivity index (χ0n) is 13.9. The highest BCUT2D eigenvalue weighted by Gasteiger charge is 2.26. The molecule has 21 heavy (non-hydrogen) atoms. The molecule has 3 nitrogen and oxygen atoms in total. The number of aliphatic hydroxyl groups is 1. The van der Waals surface area contributed by atoms with E-state index in [1.807, 2.05) is 71.9 Å². The van der Waals surface area contributed by atoms with Crippen LogP contribution in [0, 0.1) is 5.41 Å². The van der Waals surface area contributed by atoms with Gasteiger partial charge in [-0.2, -0.15) is 4.40 Å². The summed E-state index contributed by atoms with van der Waals surface area (Å²) in [7, 11) is -1.31. The van der Waals surface area contributed by atoms with Crippen molar-refractivity contribution in [3.63, 3.8) is 0 Å². The summed E-state index contributed by atoms with van der Waals surface area (Å²) in [6.45, 7) is 11.8. The van der Waals surface area contributed by atoms with Gasteiger partial charge in [0.05, 0.1) is 10.9 Å². The molecule has 0 aromatic heterocycles. The van der Waals surface area contributed by atoms with Crippen molar-refractivity contribution in [2.75, 3.05) is 0 Å². The van der Waals surface area contributed by atoms with Gasteiger partial charge in [0, 0.05) is 17.5 Å². The fourth-order valence-electron chi connectivity index (χ4n) is 1.69. The second-order valence-electron chi connectivity index (χ2n) is 7.28. The Kier molecular flexibility index (Phi) is 5.88. The fraction of sp³-hybridized carbons (Fsp3) is 0.588. The Balaban J connectivity index is 3.01. The van der Waals surface area contributed by atoms with Gasteiger partial charge in [-0.05, 0) is 26.3 Å². The summed E-state index contributed by atoms with van der Waals surface area (Å²) in [6.07, 6.45) is -0.226. The molecular weight excluding hydrogens is 282 g/mol. The monoisotopic (exact) mass is 309 g/mol. The molecule has 0 saturated carbocycles. The number of hydrogen-bond acceptors (Lipinski definition) is 2. The van der Waals surface area contributed by atoms with Crippen LogP contribution < -0.4 is 0 Å². The first-order chi connectivity index (χ1) is 9.51. The summed E-state index contributed by atoms with van der Waals surface area (Å²) in [5, 5.41) is 10.4. The quantitative estimate of drug-likeness (QED) is 0.853. The third-order valence-electron chi connectivity index (χ3n) is 3.15. The Labute approximate surface area is 131 Å². The van der Waals surface area contributed by atoms with Crippen molar-refractivity contribution in [3.05, 3.63) is 35.9 Å². The van der Waals surface area contributed by atoms with Crippen LogP contribution in [-0.4, -0.2) is 19.8 Å². The van der Waals surface area contributed by atoms with Crippen LogP contribution >= 0.6 is 0 Å². The van der Waals surface area contributed by atoms with Crippen LogP contribution in [0.5, 0.6) is 0 Å². The summed E-state index contributed by atoms with van der Waals surface area (Å²) in [4.78, 5) is 0. The zero-order valence-corrected chi connectivity index (χ0v) is 14.7. The number of nitrogens with zero attached hydrogens (tertiary/aromatic N) is 1. The van der Waals surface area contributed by atoms with Gasteiger partial charge in [-0.1, -0.05) is 51.1 Å². The average molecular weight is 309 g/mol. The van der Waals surface area contributed by atoms with Crippen LogP contribution in [0.4, 0.5) is 0 Å². The minimum atomic E-state index is -1.31. The molecular formula is C17H27NO2S. The summed E-state index contributed by atoms with van der Waals surface area (Å²) in [5.74, 6) is 0. The van der Waals surface area contributed by atoms with E-state index in [0.29, 0.717) is 6.42 Å². The highest BCUT2D eigenvalue weighted by molar-refractivity contribution is 7.85. The molecule has 0 heterocycles. The van der Waals surface area contributed by atoms with E-state index in [9.17, 15) is 9.32 Å². The van der Waals surface area contributed by atoms with Gasteiger partial charge in [0.2, 0.25) is 0 Å². The molecule has 1 rings (SSSR count). The molecule has 1 unspecified atom stereocenters. The van der Waals surface area contributed by atoms with Gasteiger partial charge in [0.25, 0.3) is 0 Å². The first-order valence-electron chi connectivity index (χ1n) is 7.25. The van der Waals surface area contributed by atoms with E-state index >= 15 is 0 Å². The maximum atomic E-state index is 12.3. The Morgan fingerprint density at radius 1 is 1.14 bits per heavy atom.